The number of likely N-dealkylation sites (N-methyl/N-ethyl adjacent to an activating group) is 2. The summed E-state index contributed by atoms with van der Waals surface area (Å²) in [6.45, 7) is 1.42. The van der Waals surface area contributed by atoms with E-state index < -0.39 is 21.7 Å². The Labute approximate surface area is 111 Å². The first kappa shape index (κ1) is 15.4. The maximum absolute atomic E-state index is 13.0. The summed E-state index contributed by atoms with van der Waals surface area (Å²) in [7, 11) is -2.45. The van der Waals surface area contributed by atoms with Gasteiger partial charge in [-0.25, -0.2) is 12.8 Å². The van der Waals surface area contributed by atoms with Crippen LogP contribution in [0.3, 0.4) is 0 Å². The number of nitrogens with one attached hydrogen (secondary N) is 1. The van der Waals surface area contributed by atoms with Crippen LogP contribution in [0.2, 0.25) is 0 Å². The first-order valence-electron chi connectivity index (χ1n) is 5.58. The molecule has 1 rings (SSSR count). The second-order valence-electron chi connectivity index (χ2n) is 3.79. The summed E-state index contributed by atoms with van der Waals surface area (Å²) in [6, 6.07) is 3.14. The van der Waals surface area contributed by atoms with Crippen LogP contribution in [0.25, 0.3) is 0 Å². The predicted octanol–water partition coefficient (Wildman–Crippen LogP) is 0.165. The Morgan fingerprint density at radius 1 is 1.47 bits per heavy atom. The summed E-state index contributed by atoms with van der Waals surface area (Å²) in [5.74, 6) is -1.12. The lowest BCUT2D eigenvalue weighted by molar-refractivity contribution is -0.120. The van der Waals surface area contributed by atoms with E-state index in [1.165, 1.54) is 7.05 Å². The van der Waals surface area contributed by atoms with E-state index in [0.29, 0.717) is 0 Å². The summed E-state index contributed by atoms with van der Waals surface area (Å²) >= 11 is 0. The molecule has 0 heterocycles. The van der Waals surface area contributed by atoms with Crippen molar-refractivity contribution < 1.29 is 17.6 Å². The first-order valence-corrected chi connectivity index (χ1v) is 7.02. The molecule has 0 bridgehead atoms. The first-order chi connectivity index (χ1) is 8.82. The Hall–Kier alpha value is -1.67. The number of sulfonamides is 1. The third-order valence-corrected chi connectivity index (χ3v) is 4.47. The summed E-state index contributed by atoms with van der Waals surface area (Å²) in [6.07, 6.45) is 0. The molecule has 0 unspecified atom stereocenters. The molecule has 6 nitrogen and oxygen atoms in total. The van der Waals surface area contributed by atoms with Gasteiger partial charge in [0.2, 0.25) is 15.9 Å². The molecule has 1 aromatic rings. The number of nitrogens with zero attached hydrogens (tertiary/aromatic N) is 1. The van der Waals surface area contributed by atoms with Crippen molar-refractivity contribution in [3.8, 4) is 0 Å². The SMILES string of the molecule is CCN(CC(=O)NC)S(=O)(=O)c1ccc(F)c(N)c1. The van der Waals surface area contributed by atoms with Crippen molar-refractivity contribution >= 4 is 21.6 Å². The summed E-state index contributed by atoms with van der Waals surface area (Å²) in [4.78, 5) is 11.1. The van der Waals surface area contributed by atoms with E-state index in [2.05, 4.69) is 5.32 Å². The molecule has 0 saturated carbocycles. The number of nitrogens with two attached hydrogens (primary N) is 1. The van der Waals surface area contributed by atoms with E-state index in [0.717, 1.165) is 22.5 Å². The summed E-state index contributed by atoms with van der Waals surface area (Å²) in [5, 5.41) is 2.34. The number of rotatable bonds is 5. The molecule has 0 fully saturated rings. The van der Waals surface area contributed by atoms with E-state index in [-0.39, 0.29) is 23.7 Å². The summed E-state index contributed by atoms with van der Waals surface area (Å²) < 4.78 is 38.5. The van der Waals surface area contributed by atoms with Crippen molar-refractivity contribution in [3.05, 3.63) is 24.0 Å². The Kier molecular flexibility index (Phi) is 4.84. The van der Waals surface area contributed by atoms with Crippen molar-refractivity contribution in [3.63, 3.8) is 0 Å². The van der Waals surface area contributed by atoms with Gasteiger partial charge in [-0.05, 0) is 18.2 Å². The van der Waals surface area contributed by atoms with E-state index in [9.17, 15) is 17.6 Å². The van der Waals surface area contributed by atoms with Gasteiger partial charge in [0, 0.05) is 13.6 Å². The quantitative estimate of drug-likeness (QED) is 0.755. The van der Waals surface area contributed by atoms with Crippen molar-refractivity contribution in [2.45, 2.75) is 11.8 Å². The van der Waals surface area contributed by atoms with Crippen LogP contribution < -0.4 is 11.1 Å². The number of carbonyl (C=O) groups excluding carboxylic acids is 1. The third-order valence-electron chi connectivity index (χ3n) is 2.56. The smallest absolute Gasteiger partial charge is 0.243 e. The molecule has 19 heavy (non-hydrogen) atoms. The van der Waals surface area contributed by atoms with Gasteiger partial charge >= 0.3 is 0 Å². The maximum atomic E-state index is 13.0. The van der Waals surface area contributed by atoms with Crippen molar-refractivity contribution in [2.24, 2.45) is 0 Å². The third kappa shape index (κ3) is 3.42. The molecule has 0 atom stereocenters. The number of halogens is 1. The molecule has 0 aliphatic carbocycles. The Morgan fingerprint density at radius 3 is 2.58 bits per heavy atom. The molecule has 0 aliphatic rings. The monoisotopic (exact) mass is 289 g/mol. The van der Waals surface area contributed by atoms with E-state index in [4.69, 9.17) is 5.73 Å². The van der Waals surface area contributed by atoms with Gasteiger partial charge in [-0.2, -0.15) is 4.31 Å². The zero-order chi connectivity index (χ0) is 14.6. The predicted molar refractivity (Wildman–Crippen MR) is 69.3 cm³/mol. The molecule has 0 spiro atoms. The van der Waals surface area contributed by atoms with Gasteiger partial charge in [0.25, 0.3) is 0 Å². The highest BCUT2D eigenvalue weighted by Crippen LogP contribution is 2.20. The second kappa shape index (κ2) is 5.98. The average molecular weight is 289 g/mol. The fourth-order valence-electron chi connectivity index (χ4n) is 1.44. The molecule has 0 radical (unpaired) electrons. The van der Waals surface area contributed by atoms with Crippen molar-refractivity contribution in [1.29, 1.82) is 0 Å². The number of hydrogen-bond donors (Lipinski definition) is 2. The van der Waals surface area contributed by atoms with Crippen LogP contribution in [0.4, 0.5) is 10.1 Å². The van der Waals surface area contributed by atoms with Crippen molar-refractivity contribution in [2.75, 3.05) is 25.9 Å². The lowest BCUT2D eigenvalue weighted by Crippen LogP contribution is -2.39. The topological polar surface area (TPSA) is 92.5 Å². The lowest BCUT2D eigenvalue weighted by Gasteiger charge is -2.19. The van der Waals surface area contributed by atoms with Gasteiger partial charge in [-0.15, -0.1) is 0 Å². The molecule has 0 aliphatic heterocycles. The number of amides is 1. The average Bonchev–Trinajstić information content (AvgIpc) is 2.38. The number of carbonyl (C=O) groups is 1. The standard InChI is InChI=1S/C11H16FN3O3S/c1-3-15(7-11(16)14-2)19(17,18)8-4-5-9(12)10(13)6-8/h4-6H,3,7,13H2,1-2H3,(H,14,16). The van der Waals surface area contributed by atoms with Crippen LogP contribution in [0.5, 0.6) is 0 Å². The highest BCUT2D eigenvalue weighted by molar-refractivity contribution is 7.89. The summed E-state index contributed by atoms with van der Waals surface area (Å²) in [5.41, 5.74) is 5.10. The minimum absolute atomic E-state index is 0.118. The van der Waals surface area contributed by atoms with Crippen LogP contribution in [-0.2, 0) is 14.8 Å². The molecule has 106 valence electrons. The maximum Gasteiger partial charge on any atom is 0.243 e. The normalized spacial score (nSPS) is 11.6. The van der Waals surface area contributed by atoms with Crippen LogP contribution in [-0.4, -0.2) is 38.8 Å². The molecular weight excluding hydrogens is 273 g/mol. The Balaban J connectivity index is 3.13. The molecule has 1 amide bonds. The van der Waals surface area contributed by atoms with Crippen LogP contribution >= 0.6 is 0 Å². The molecular formula is C11H16FN3O3S. The molecule has 0 aromatic heterocycles. The Morgan fingerprint density at radius 2 is 2.11 bits per heavy atom. The second-order valence-corrected chi connectivity index (χ2v) is 5.73. The minimum Gasteiger partial charge on any atom is -0.396 e. The highest BCUT2D eigenvalue weighted by Gasteiger charge is 2.25. The molecule has 0 saturated heterocycles. The van der Waals surface area contributed by atoms with Gasteiger partial charge in [0.15, 0.2) is 0 Å². The van der Waals surface area contributed by atoms with Gasteiger partial charge < -0.3 is 11.1 Å². The number of hydrogen-bond acceptors (Lipinski definition) is 4. The van der Waals surface area contributed by atoms with Crippen LogP contribution in [0.1, 0.15) is 6.92 Å². The zero-order valence-corrected chi connectivity index (χ0v) is 11.5. The fourth-order valence-corrected chi connectivity index (χ4v) is 2.88. The van der Waals surface area contributed by atoms with Gasteiger partial charge in [0.05, 0.1) is 17.1 Å². The number of anilines is 1. The van der Waals surface area contributed by atoms with Gasteiger partial charge in [0.1, 0.15) is 5.82 Å². The highest BCUT2D eigenvalue weighted by atomic mass is 32.2. The lowest BCUT2D eigenvalue weighted by atomic mass is 10.3. The number of nitrogen functional groups attached to an aromatic ring is 1. The van der Waals surface area contributed by atoms with Crippen molar-refractivity contribution in [1.82, 2.24) is 9.62 Å². The van der Waals surface area contributed by atoms with E-state index >= 15 is 0 Å². The van der Waals surface area contributed by atoms with Gasteiger partial charge in [-0.1, -0.05) is 6.92 Å². The molecule has 8 heteroatoms. The molecule has 1 aromatic carbocycles. The van der Waals surface area contributed by atoms with Gasteiger partial charge in [-0.3, -0.25) is 4.79 Å². The van der Waals surface area contributed by atoms with E-state index in [1.54, 1.807) is 6.92 Å². The largest absolute Gasteiger partial charge is 0.396 e. The zero-order valence-electron chi connectivity index (χ0n) is 10.7. The van der Waals surface area contributed by atoms with Crippen LogP contribution in [0, 0.1) is 5.82 Å². The van der Waals surface area contributed by atoms with Crippen LogP contribution in [0.15, 0.2) is 23.1 Å². The Bertz CT molecular complexity index is 575. The molecule has 3 N–H and O–H groups in total. The fraction of sp³-hybridized carbons (Fsp3) is 0.364. The number of benzene rings is 1. The van der Waals surface area contributed by atoms with E-state index in [1.807, 2.05) is 0 Å². The minimum atomic E-state index is -3.87.